The van der Waals surface area contributed by atoms with Crippen LogP contribution >= 0.6 is 0 Å². The van der Waals surface area contributed by atoms with Crippen molar-refractivity contribution in [1.82, 2.24) is 21.3 Å². The molecule has 8 heteroatoms. The van der Waals surface area contributed by atoms with E-state index in [1.165, 1.54) is 0 Å². The number of carbonyl (C=O) groups is 2. The number of rotatable bonds is 3. The number of aryl methyl sites for hydroxylation is 4. The van der Waals surface area contributed by atoms with Gasteiger partial charge in [0.05, 0.1) is 11.3 Å². The molecular weight excluding hydrogens is 288 g/mol. The Balaban J connectivity index is 1.83. The lowest BCUT2D eigenvalue weighted by Crippen LogP contribution is -2.46. The lowest BCUT2D eigenvalue weighted by molar-refractivity contribution is 0.0934. The van der Waals surface area contributed by atoms with E-state index in [2.05, 4.69) is 21.3 Å². The van der Waals surface area contributed by atoms with Crippen LogP contribution in [-0.2, 0) is 6.54 Å². The summed E-state index contributed by atoms with van der Waals surface area (Å²) < 4.78 is 10.3. The number of hydrazine groups is 1. The minimum atomic E-state index is -0.536. The number of nitrogens with one attached hydrogen (secondary N) is 3. The summed E-state index contributed by atoms with van der Waals surface area (Å²) in [5, 5.41) is 6.40. The van der Waals surface area contributed by atoms with Crippen LogP contribution in [0.1, 0.15) is 38.9 Å². The number of amides is 3. The minimum Gasteiger partial charge on any atom is -0.466 e. The largest absolute Gasteiger partial charge is 0.466 e. The highest BCUT2D eigenvalue weighted by atomic mass is 16.5. The monoisotopic (exact) mass is 306 g/mol. The molecule has 118 valence electrons. The fourth-order valence-corrected chi connectivity index (χ4v) is 2.00. The number of aromatic nitrogens is 1. The third-order valence-corrected chi connectivity index (χ3v) is 3.18. The molecule has 2 rings (SSSR count). The van der Waals surface area contributed by atoms with Crippen molar-refractivity contribution in [3.05, 3.63) is 40.2 Å². The third-order valence-electron chi connectivity index (χ3n) is 3.18. The molecule has 0 unspecified atom stereocenters. The lowest BCUT2D eigenvalue weighted by atomic mass is 10.2. The zero-order valence-corrected chi connectivity index (χ0v) is 12.9. The Bertz CT molecular complexity index is 682. The Labute approximate surface area is 127 Å². The van der Waals surface area contributed by atoms with Gasteiger partial charge in [0, 0.05) is 12.1 Å². The van der Waals surface area contributed by atoms with E-state index in [0.29, 0.717) is 28.5 Å². The maximum atomic E-state index is 11.9. The van der Waals surface area contributed by atoms with Crippen LogP contribution in [0.2, 0.25) is 0 Å². The van der Waals surface area contributed by atoms with Crippen molar-refractivity contribution < 1.29 is 18.5 Å². The van der Waals surface area contributed by atoms with E-state index in [0.717, 1.165) is 5.56 Å². The van der Waals surface area contributed by atoms with Crippen LogP contribution in [0.5, 0.6) is 0 Å². The van der Waals surface area contributed by atoms with Crippen molar-refractivity contribution in [2.24, 2.45) is 0 Å². The van der Waals surface area contributed by atoms with E-state index in [1.807, 2.05) is 0 Å². The molecule has 0 aliphatic rings. The fourth-order valence-electron chi connectivity index (χ4n) is 2.00. The van der Waals surface area contributed by atoms with Gasteiger partial charge in [-0.2, -0.15) is 0 Å². The number of nitrogens with zero attached hydrogens (tertiary/aromatic N) is 1. The zero-order valence-electron chi connectivity index (χ0n) is 12.9. The third kappa shape index (κ3) is 3.46. The van der Waals surface area contributed by atoms with Crippen LogP contribution < -0.4 is 16.2 Å². The summed E-state index contributed by atoms with van der Waals surface area (Å²) >= 11 is 0. The summed E-state index contributed by atoms with van der Waals surface area (Å²) in [7, 11) is 0. The van der Waals surface area contributed by atoms with Gasteiger partial charge in [-0.25, -0.2) is 10.2 Å². The van der Waals surface area contributed by atoms with Crippen molar-refractivity contribution in [3.63, 3.8) is 0 Å². The molecule has 0 radical (unpaired) electrons. The van der Waals surface area contributed by atoms with Crippen LogP contribution in [0.15, 0.2) is 15.0 Å². The van der Waals surface area contributed by atoms with Crippen molar-refractivity contribution in [3.8, 4) is 0 Å². The van der Waals surface area contributed by atoms with E-state index in [-0.39, 0.29) is 6.54 Å². The average Bonchev–Trinajstić information content (AvgIpc) is 2.96. The van der Waals surface area contributed by atoms with Gasteiger partial charge in [0.1, 0.15) is 17.3 Å². The molecule has 0 atom stereocenters. The Kier molecular flexibility index (Phi) is 4.50. The first kappa shape index (κ1) is 15.6. The Hall–Kier alpha value is -2.77. The van der Waals surface area contributed by atoms with Gasteiger partial charge in [0.25, 0.3) is 5.91 Å². The van der Waals surface area contributed by atoms with Crippen molar-refractivity contribution in [2.75, 3.05) is 0 Å². The number of furan rings is 1. The van der Waals surface area contributed by atoms with Crippen LogP contribution in [-0.4, -0.2) is 17.1 Å². The maximum absolute atomic E-state index is 11.9. The molecule has 3 amide bonds. The zero-order chi connectivity index (χ0) is 16.3. The number of hydrogen-bond donors (Lipinski definition) is 3. The molecule has 0 aliphatic heterocycles. The summed E-state index contributed by atoms with van der Waals surface area (Å²) in [6, 6.07) is 1.07. The molecular formula is C14H18N4O4. The number of carbonyl (C=O) groups excluding carboxylic acids is 2. The highest BCUT2D eigenvalue weighted by Gasteiger charge is 2.14. The molecule has 0 saturated heterocycles. The second kappa shape index (κ2) is 6.33. The number of urea groups is 1. The first-order valence-electron chi connectivity index (χ1n) is 6.71. The van der Waals surface area contributed by atoms with E-state index in [9.17, 15) is 9.59 Å². The van der Waals surface area contributed by atoms with Gasteiger partial charge in [0.2, 0.25) is 0 Å². The standard InChI is InChI=1S/C14H18N4O4/c1-7-5-11(9(3)21-7)13(19)16-17-14(20)15-6-12-8(2)18-22-10(12)4/h5H,6H2,1-4H3,(H,16,19)(H2,15,17,20). The summed E-state index contributed by atoms with van der Waals surface area (Å²) in [6.07, 6.45) is 0. The van der Waals surface area contributed by atoms with Crippen LogP contribution in [0.25, 0.3) is 0 Å². The fraction of sp³-hybridized carbons (Fsp3) is 0.357. The molecule has 0 bridgehead atoms. The first-order valence-corrected chi connectivity index (χ1v) is 6.71. The quantitative estimate of drug-likeness (QED) is 0.747. The molecule has 0 fully saturated rings. The molecule has 2 aromatic rings. The van der Waals surface area contributed by atoms with E-state index in [1.54, 1.807) is 33.8 Å². The average molecular weight is 306 g/mol. The normalized spacial score (nSPS) is 10.4. The molecule has 8 nitrogen and oxygen atoms in total. The van der Waals surface area contributed by atoms with E-state index >= 15 is 0 Å². The van der Waals surface area contributed by atoms with Crippen molar-refractivity contribution in [1.29, 1.82) is 0 Å². The van der Waals surface area contributed by atoms with Gasteiger partial charge < -0.3 is 14.3 Å². The SMILES string of the molecule is Cc1cc(C(=O)NNC(=O)NCc2c(C)noc2C)c(C)o1. The van der Waals surface area contributed by atoms with Crippen LogP contribution in [0.3, 0.4) is 0 Å². The minimum absolute atomic E-state index is 0.257. The van der Waals surface area contributed by atoms with Gasteiger partial charge in [-0.1, -0.05) is 5.16 Å². The Morgan fingerprint density at radius 3 is 2.41 bits per heavy atom. The summed E-state index contributed by atoms with van der Waals surface area (Å²) in [4.78, 5) is 23.6. The second-order valence-corrected chi connectivity index (χ2v) is 4.89. The first-order chi connectivity index (χ1) is 10.4. The maximum Gasteiger partial charge on any atom is 0.333 e. The predicted molar refractivity (Wildman–Crippen MR) is 77.0 cm³/mol. The molecule has 2 aromatic heterocycles. The summed E-state index contributed by atoms with van der Waals surface area (Å²) in [5.74, 6) is 1.33. The molecule has 0 aromatic carbocycles. The lowest BCUT2D eigenvalue weighted by Gasteiger charge is -2.08. The second-order valence-electron chi connectivity index (χ2n) is 4.89. The molecule has 0 saturated carbocycles. The smallest absolute Gasteiger partial charge is 0.333 e. The van der Waals surface area contributed by atoms with Crippen LogP contribution in [0.4, 0.5) is 4.79 Å². The molecule has 22 heavy (non-hydrogen) atoms. The molecule has 0 aliphatic carbocycles. The summed E-state index contributed by atoms with van der Waals surface area (Å²) in [5.41, 5.74) is 6.49. The van der Waals surface area contributed by atoms with Gasteiger partial charge in [-0.05, 0) is 33.8 Å². The van der Waals surface area contributed by atoms with Gasteiger partial charge in [-0.3, -0.25) is 10.2 Å². The highest BCUT2D eigenvalue weighted by Crippen LogP contribution is 2.13. The van der Waals surface area contributed by atoms with Gasteiger partial charge in [-0.15, -0.1) is 0 Å². The molecule has 2 heterocycles. The van der Waals surface area contributed by atoms with E-state index in [4.69, 9.17) is 8.94 Å². The van der Waals surface area contributed by atoms with Crippen molar-refractivity contribution >= 4 is 11.9 Å². The Morgan fingerprint density at radius 2 is 1.86 bits per heavy atom. The van der Waals surface area contributed by atoms with Crippen LogP contribution in [0, 0.1) is 27.7 Å². The molecule has 0 spiro atoms. The molecule has 3 N–H and O–H groups in total. The van der Waals surface area contributed by atoms with Gasteiger partial charge in [0.15, 0.2) is 0 Å². The topological polar surface area (TPSA) is 109 Å². The predicted octanol–water partition coefficient (Wildman–Crippen LogP) is 1.65. The van der Waals surface area contributed by atoms with Gasteiger partial charge >= 0.3 is 6.03 Å². The highest BCUT2D eigenvalue weighted by molar-refractivity contribution is 5.96. The Morgan fingerprint density at radius 1 is 1.14 bits per heavy atom. The van der Waals surface area contributed by atoms with Crippen molar-refractivity contribution in [2.45, 2.75) is 34.2 Å². The summed E-state index contributed by atoms with van der Waals surface area (Å²) in [6.45, 7) is 7.23. The number of hydrogen-bond acceptors (Lipinski definition) is 5. The van der Waals surface area contributed by atoms with E-state index < -0.39 is 11.9 Å².